The number of sulfonamides is 1. The zero-order chi connectivity index (χ0) is 16.0. The third kappa shape index (κ3) is 2.36. The fraction of sp³-hybridized carbons (Fsp3) is 0.222. The molecule has 3 aromatic rings. The lowest BCUT2D eigenvalue weighted by Crippen LogP contribution is -2.35. The van der Waals surface area contributed by atoms with Gasteiger partial charge in [0.1, 0.15) is 0 Å². The summed E-state index contributed by atoms with van der Waals surface area (Å²) in [6, 6.07) is 14.9. The van der Waals surface area contributed by atoms with Crippen LogP contribution < -0.4 is 0 Å². The molecule has 0 spiro atoms. The van der Waals surface area contributed by atoms with E-state index in [1.165, 1.54) is 5.56 Å². The SMILES string of the molecule is Cc1ccc2c3c([nH]c2c1)CCN(S(=O)(=O)c1ccccc1)C3. The van der Waals surface area contributed by atoms with Gasteiger partial charge in [0.05, 0.1) is 4.90 Å². The molecule has 0 saturated carbocycles. The Balaban J connectivity index is 1.75. The van der Waals surface area contributed by atoms with Crippen LogP contribution in [0, 0.1) is 6.92 Å². The van der Waals surface area contributed by atoms with E-state index in [9.17, 15) is 8.42 Å². The topological polar surface area (TPSA) is 53.2 Å². The van der Waals surface area contributed by atoms with Crippen LogP contribution in [-0.4, -0.2) is 24.3 Å². The molecule has 23 heavy (non-hydrogen) atoms. The summed E-state index contributed by atoms with van der Waals surface area (Å²) in [5.41, 5.74) is 4.55. The number of aromatic nitrogens is 1. The molecule has 0 fully saturated rings. The molecule has 0 aliphatic carbocycles. The van der Waals surface area contributed by atoms with Gasteiger partial charge in [-0.3, -0.25) is 0 Å². The number of rotatable bonds is 2. The van der Waals surface area contributed by atoms with Crippen molar-refractivity contribution in [3.8, 4) is 0 Å². The first-order valence-electron chi connectivity index (χ1n) is 7.71. The monoisotopic (exact) mass is 326 g/mol. The Morgan fingerprint density at radius 2 is 1.87 bits per heavy atom. The van der Waals surface area contributed by atoms with E-state index in [2.05, 4.69) is 30.1 Å². The molecule has 2 heterocycles. The number of hydrogen-bond acceptors (Lipinski definition) is 2. The van der Waals surface area contributed by atoms with Crippen LogP contribution in [0.3, 0.4) is 0 Å². The van der Waals surface area contributed by atoms with E-state index >= 15 is 0 Å². The van der Waals surface area contributed by atoms with Crippen molar-refractivity contribution in [2.24, 2.45) is 0 Å². The van der Waals surface area contributed by atoms with Gasteiger partial charge >= 0.3 is 0 Å². The second-order valence-corrected chi connectivity index (χ2v) is 7.97. The predicted molar refractivity (Wildman–Crippen MR) is 90.8 cm³/mol. The molecule has 1 N–H and O–H groups in total. The molecular formula is C18H18N2O2S. The molecule has 1 aliphatic heterocycles. The first kappa shape index (κ1) is 14.5. The molecule has 1 aromatic heterocycles. The standard InChI is InChI=1S/C18H18N2O2S/c1-13-7-8-15-16-12-20(10-9-17(16)19-18(15)11-13)23(21,22)14-5-3-2-4-6-14/h2-8,11,19H,9-10,12H2,1H3. The Hall–Kier alpha value is -2.11. The summed E-state index contributed by atoms with van der Waals surface area (Å²) < 4.78 is 27.2. The fourth-order valence-electron chi connectivity index (χ4n) is 3.26. The first-order chi connectivity index (χ1) is 11.1. The van der Waals surface area contributed by atoms with Crippen molar-refractivity contribution < 1.29 is 8.42 Å². The quantitative estimate of drug-likeness (QED) is 0.786. The molecule has 0 atom stereocenters. The molecule has 0 unspecified atom stereocenters. The summed E-state index contributed by atoms with van der Waals surface area (Å²) in [7, 11) is -3.44. The normalized spacial score (nSPS) is 15.7. The van der Waals surface area contributed by atoms with Crippen molar-refractivity contribution in [3.05, 3.63) is 65.4 Å². The average Bonchev–Trinajstić information content (AvgIpc) is 2.92. The molecular weight excluding hydrogens is 308 g/mol. The lowest BCUT2D eigenvalue weighted by atomic mass is 10.1. The second kappa shape index (κ2) is 5.22. The average molecular weight is 326 g/mol. The number of fused-ring (bicyclic) bond motifs is 3. The predicted octanol–water partition coefficient (Wildman–Crippen LogP) is 3.22. The minimum Gasteiger partial charge on any atom is -0.358 e. The van der Waals surface area contributed by atoms with Crippen LogP contribution in [0.5, 0.6) is 0 Å². The fourth-order valence-corrected chi connectivity index (χ4v) is 4.69. The number of hydrogen-bond donors (Lipinski definition) is 1. The number of nitrogens with one attached hydrogen (secondary N) is 1. The summed E-state index contributed by atoms with van der Waals surface area (Å²) in [6.45, 7) is 3.00. The van der Waals surface area contributed by atoms with Crippen molar-refractivity contribution in [3.63, 3.8) is 0 Å². The van der Waals surface area contributed by atoms with Crippen LogP contribution in [0.15, 0.2) is 53.4 Å². The van der Waals surface area contributed by atoms with Gasteiger partial charge in [-0.05, 0) is 36.2 Å². The van der Waals surface area contributed by atoms with Crippen LogP contribution in [-0.2, 0) is 23.0 Å². The largest absolute Gasteiger partial charge is 0.358 e. The zero-order valence-corrected chi connectivity index (χ0v) is 13.7. The second-order valence-electron chi connectivity index (χ2n) is 6.03. The van der Waals surface area contributed by atoms with Gasteiger partial charge in [-0.15, -0.1) is 0 Å². The minimum atomic E-state index is -3.44. The highest BCUT2D eigenvalue weighted by Crippen LogP contribution is 2.30. The third-order valence-corrected chi connectivity index (χ3v) is 6.34. The van der Waals surface area contributed by atoms with E-state index in [-0.39, 0.29) is 0 Å². The maximum Gasteiger partial charge on any atom is 0.243 e. The van der Waals surface area contributed by atoms with Crippen LogP contribution in [0.4, 0.5) is 0 Å². The van der Waals surface area contributed by atoms with E-state index in [0.29, 0.717) is 18.0 Å². The van der Waals surface area contributed by atoms with Crippen molar-refractivity contribution in [2.45, 2.75) is 24.8 Å². The minimum absolute atomic E-state index is 0.360. The van der Waals surface area contributed by atoms with E-state index in [1.54, 1.807) is 28.6 Å². The highest BCUT2D eigenvalue weighted by Gasteiger charge is 2.30. The summed E-state index contributed by atoms with van der Waals surface area (Å²) >= 11 is 0. The Kier molecular flexibility index (Phi) is 3.28. The van der Waals surface area contributed by atoms with Crippen LogP contribution in [0.2, 0.25) is 0 Å². The number of benzene rings is 2. The smallest absolute Gasteiger partial charge is 0.243 e. The van der Waals surface area contributed by atoms with Gasteiger partial charge in [0.2, 0.25) is 10.0 Å². The van der Waals surface area contributed by atoms with E-state index < -0.39 is 10.0 Å². The van der Waals surface area contributed by atoms with Crippen molar-refractivity contribution in [2.75, 3.05) is 6.54 Å². The highest BCUT2D eigenvalue weighted by atomic mass is 32.2. The molecule has 118 valence electrons. The van der Waals surface area contributed by atoms with Gasteiger partial charge in [0.25, 0.3) is 0 Å². The number of aromatic amines is 1. The highest BCUT2D eigenvalue weighted by molar-refractivity contribution is 7.89. The Morgan fingerprint density at radius 1 is 1.09 bits per heavy atom. The Morgan fingerprint density at radius 3 is 2.65 bits per heavy atom. The van der Waals surface area contributed by atoms with E-state index in [1.807, 2.05) is 6.07 Å². The maximum atomic E-state index is 12.8. The third-order valence-electron chi connectivity index (χ3n) is 4.48. The summed E-state index contributed by atoms with van der Waals surface area (Å²) in [5, 5.41) is 1.12. The molecule has 4 rings (SSSR count). The number of H-pyrrole nitrogens is 1. The summed E-state index contributed by atoms with van der Waals surface area (Å²) in [5.74, 6) is 0. The molecule has 2 aromatic carbocycles. The maximum absolute atomic E-state index is 12.8. The van der Waals surface area contributed by atoms with E-state index in [0.717, 1.165) is 28.6 Å². The molecule has 0 saturated heterocycles. The van der Waals surface area contributed by atoms with Gasteiger partial charge in [-0.2, -0.15) is 4.31 Å². The van der Waals surface area contributed by atoms with Gasteiger partial charge in [-0.1, -0.05) is 30.3 Å². The summed E-state index contributed by atoms with van der Waals surface area (Å²) in [6.07, 6.45) is 0.717. The van der Waals surface area contributed by atoms with Crippen LogP contribution >= 0.6 is 0 Å². The molecule has 0 bridgehead atoms. The van der Waals surface area contributed by atoms with Crippen LogP contribution in [0.1, 0.15) is 16.8 Å². The Bertz CT molecular complexity index is 975. The molecule has 5 heteroatoms. The number of nitrogens with zero attached hydrogens (tertiary/aromatic N) is 1. The van der Waals surface area contributed by atoms with Crippen molar-refractivity contribution in [1.82, 2.24) is 9.29 Å². The number of aryl methyl sites for hydroxylation is 1. The lowest BCUT2D eigenvalue weighted by molar-refractivity contribution is 0.391. The van der Waals surface area contributed by atoms with Crippen molar-refractivity contribution in [1.29, 1.82) is 0 Å². The molecule has 4 nitrogen and oxygen atoms in total. The van der Waals surface area contributed by atoms with Gasteiger partial charge < -0.3 is 4.98 Å². The van der Waals surface area contributed by atoms with Crippen molar-refractivity contribution >= 4 is 20.9 Å². The summed E-state index contributed by atoms with van der Waals surface area (Å²) in [4.78, 5) is 3.81. The van der Waals surface area contributed by atoms with Gasteiger partial charge in [-0.25, -0.2) is 8.42 Å². The van der Waals surface area contributed by atoms with Crippen LogP contribution in [0.25, 0.3) is 10.9 Å². The van der Waals surface area contributed by atoms with E-state index in [4.69, 9.17) is 0 Å². The van der Waals surface area contributed by atoms with Gasteiger partial charge in [0.15, 0.2) is 0 Å². The zero-order valence-electron chi connectivity index (χ0n) is 12.9. The molecule has 1 aliphatic rings. The molecule has 0 amide bonds. The van der Waals surface area contributed by atoms with Gasteiger partial charge in [0, 0.05) is 36.1 Å². The lowest BCUT2D eigenvalue weighted by Gasteiger charge is -2.26. The first-order valence-corrected chi connectivity index (χ1v) is 9.15. The molecule has 0 radical (unpaired) electrons. The Labute approximate surface area is 135 Å².